The summed E-state index contributed by atoms with van der Waals surface area (Å²) in [7, 11) is 0. The first-order chi connectivity index (χ1) is 11.6. The lowest BCUT2D eigenvalue weighted by Crippen LogP contribution is -2.46. The molecule has 0 radical (unpaired) electrons. The van der Waals surface area contributed by atoms with Crippen molar-refractivity contribution in [3.8, 4) is 0 Å². The molecule has 3 fully saturated rings. The van der Waals surface area contributed by atoms with Crippen LogP contribution in [0.15, 0.2) is 36.4 Å². The zero-order chi connectivity index (χ0) is 16.6. The van der Waals surface area contributed by atoms with Gasteiger partial charge in [-0.05, 0) is 49.1 Å². The number of carbonyl (C=O) groups is 3. The highest BCUT2D eigenvalue weighted by Crippen LogP contribution is 2.65. The number of amides is 3. The maximum atomic E-state index is 12.8. The molecule has 5 aliphatic rings. The van der Waals surface area contributed by atoms with E-state index in [9.17, 15) is 14.4 Å². The molecule has 1 aromatic rings. The van der Waals surface area contributed by atoms with E-state index in [1.165, 1.54) is 0 Å². The first-order valence-electron chi connectivity index (χ1n) is 8.50. The fourth-order valence-electron chi connectivity index (χ4n) is 4.94. The molecule has 1 aromatic carbocycles. The number of carbonyl (C=O) groups excluding carboxylic acids is 3. The van der Waals surface area contributed by atoms with Crippen molar-refractivity contribution in [1.82, 2.24) is 10.4 Å². The zero-order valence-electron chi connectivity index (χ0n) is 13.3. The standard InChI is InChI=1S/C19H18N2O3/c1-9-2-4-10(5-3-9)17(22)20-21-18(23)15-11-6-7-12(14-8-13(11)14)16(15)19(21)24/h2-7,11-16H,8H2,1H3,(H,20,22)/t11-,12-,13-,14+,15+,16-/m1/s1. The average Bonchev–Trinajstić information content (AvgIpc) is 3.36. The quantitative estimate of drug-likeness (QED) is 0.666. The zero-order valence-corrected chi connectivity index (χ0v) is 13.3. The van der Waals surface area contributed by atoms with E-state index in [1.807, 2.05) is 19.1 Å². The van der Waals surface area contributed by atoms with Gasteiger partial charge in [-0.15, -0.1) is 0 Å². The van der Waals surface area contributed by atoms with Crippen LogP contribution in [0, 0.1) is 42.4 Å². The van der Waals surface area contributed by atoms with E-state index >= 15 is 0 Å². The normalized spacial score (nSPS) is 38.1. The number of benzene rings is 1. The number of rotatable bonds is 2. The Hall–Kier alpha value is -2.43. The molecule has 6 atom stereocenters. The molecule has 0 aromatic heterocycles. The number of allylic oxidation sites excluding steroid dienone is 2. The molecule has 1 heterocycles. The Balaban J connectivity index is 1.40. The Bertz CT molecular complexity index is 761. The Morgan fingerprint density at radius 2 is 1.54 bits per heavy atom. The summed E-state index contributed by atoms with van der Waals surface area (Å²) in [5.74, 6) is -0.00257. The second kappa shape index (κ2) is 4.56. The third-order valence-electron chi connectivity index (χ3n) is 6.19. The second-order valence-electron chi connectivity index (χ2n) is 7.47. The predicted octanol–water partition coefficient (Wildman–Crippen LogP) is 1.69. The SMILES string of the molecule is Cc1ccc(C(=O)NN2C(=O)[C@@H]3[C@@H]4C=C[C@H]([C@H]5C[C@@H]45)[C@@H]3C2=O)cc1. The van der Waals surface area contributed by atoms with Crippen molar-refractivity contribution in [3.05, 3.63) is 47.5 Å². The lowest BCUT2D eigenvalue weighted by Gasteiger charge is -2.37. The van der Waals surface area contributed by atoms with Crippen LogP contribution >= 0.6 is 0 Å². The topological polar surface area (TPSA) is 66.5 Å². The van der Waals surface area contributed by atoms with Gasteiger partial charge in [0.2, 0.25) is 0 Å². The molecule has 24 heavy (non-hydrogen) atoms. The first kappa shape index (κ1) is 14.0. The van der Waals surface area contributed by atoms with Gasteiger partial charge in [-0.1, -0.05) is 29.8 Å². The molecule has 1 saturated heterocycles. The summed E-state index contributed by atoms with van der Waals surface area (Å²) in [6.07, 6.45) is 5.37. The lowest BCUT2D eigenvalue weighted by atomic mass is 9.63. The summed E-state index contributed by atoms with van der Waals surface area (Å²) in [5.41, 5.74) is 4.03. The average molecular weight is 322 g/mol. The number of aryl methyl sites for hydroxylation is 1. The van der Waals surface area contributed by atoms with Crippen molar-refractivity contribution >= 4 is 17.7 Å². The molecule has 5 nitrogen and oxygen atoms in total. The number of nitrogens with one attached hydrogen (secondary N) is 1. The fraction of sp³-hybridized carbons (Fsp3) is 0.421. The van der Waals surface area contributed by atoms with Crippen LogP contribution < -0.4 is 5.43 Å². The first-order valence-corrected chi connectivity index (χ1v) is 8.50. The smallest absolute Gasteiger partial charge is 0.270 e. The highest BCUT2D eigenvalue weighted by Gasteiger charge is 2.67. The highest BCUT2D eigenvalue weighted by molar-refractivity contribution is 6.08. The lowest BCUT2D eigenvalue weighted by molar-refractivity contribution is -0.143. The van der Waals surface area contributed by atoms with Crippen LogP contribution in [0.4, 0.5) is 0 Å². The van der Waals surface area contributed by atoms with Gasteiger partial charge in [-0.3, -0.25) is 19.8 Å². The maximum absolute atomic E-state index is 12.8. The third kappa shape index (κ3) is 1.72. The summed E-state index contributed by atoms with van der Waals surface area (Å²) in [6, 6.07) is 7.06. The van der Waals surface area contributed by atoms with Gasteiger partial charge in [-0.25, -0.2) is 0 Å². The van der Waals surface area contributed by atoms with Crippen molar-refractivity contribution in [3.63, 3.8) is 0 Å². The van der Waals surface area contributed by atoms with E-state index in [-0.39, 0.29) is 35.5 Å². The Morgan fingerprint density at radius 1 is 1.00 bits per heavy atom. The van der Waals surface area contributed by atoms with Crippen molar-refractivity contribution in [2.45, 2.75) is 13.3 Å². The van der Waals surface area contributed by atoms with Crippen molar-refractivity contribution in [2.24, 2.45) is 35.5 Å². The van der Waals surface area contributed by atoms with Crippen LogP contribution in [0.3, 0.4) is 0 Å². The number of hydrogen-bond donors (Lipinski definition) is 1. The number of nitrogens with zero attached hydrogens (tertiary/aromatic N) is 1. The molecule has 122 valence electrons. The Kier molecular flexibility index (Phi) is 2.65. The summed E-state index contributed by atoms with van der Waals surface area (Å²) in [6.45, 7) is 1.94. The minimum atomic E-state index is -0.416. The Morgan fingerprint density at radius 3 is 2.08 bits per heavy atom. The third-order valence-corrected chi connectivity index (χ3v) is 6.19. The summed E-state index contributed by atoms with van der Waals surface area (Å²) < 4.78 is 0. The van der Waals surface area contributed by atoms with E-state index in [0.717, 1.165) is 17.0 Å². The molecule has 3 amide bonds. The van der Waals surface area contributed by atoms with Crippen LogP contribution in [0.25, 0.3) is 0 Å². The van der Waals surface area contributed by atoms with Gasteiger partial charge >= 0.3 is 0 Å². The minimum absolute atomic E-state index is 0.169. The van der Waals surface area contributed by atoms with Crippen LogP contribution in [-0.4, -0.2) is 22.7 Å². The van der Waals surface area contributed by atoms with Gasteiger partial charge in [0.1, 0.15) is 0 Å². The largest absolute Gasteiger partial charge is 0.272 e. The fourth-order valence-corrected chi connectivity index (χ4v) is 4.94. The van der Waals surface area contributed by atoms with Crippen molar-refractivity contribution < 1.29 is 14.4 Å². The minimum Gasteiger partial charge on any atom is -0.272 e. The highest BCUT2D eigenvalue weighted by atomic mass is 16.2. The van der Waals surface area contributed by atoms with Crippen molar-refractivity contribution in [1.29, 1.82) is 0 Å². The van der Waals surface area contributed by atoms with Crippen LogP contribution in [-0.2, 0) is 9.59 Å². The summed E-state index contributed by atoms with van der Waals surface area (Å²) in [5, 5.41) is 0.981. The molecule has 0 unspecified atom stereocenters. The van der Waals surface area contributed by atoms with E-state index in [4.69, 9.17) is 0 Å². The monoisotopic (exact) mass is 322 g/mol. The molecular weight excluding hydrogens is 304 g/mol. The van der Waals surface area contributed by atoms with E-state index in [0.29, 0.717) is 17.4 Å². The molecule has 2 bridgehead atoms. The molecule has 1 aliphatic heterocycles. The molecule has 5 heteroatoms. The van der Waals surface area contributed by atoms with Gasteiger partial charge in [0, 0.05) is 5.56 Å². The van der Waals surface area contributed by atoms with E-state index in [1.54, 1.807) is 12.1 Å². The molecule has 6 rings (SSSR count). The van der Waals surface area contributed by atoms with Crippen LogP contribution in [0.2, 0.25) is 0 Å². The van der Waals surface area contributed by atoms with Gasteiger partial charge in [0.15, 0.2) is 0 Å². The number of imide groups is 1. The Labute approximate surface area is 139 Å². The molecule has 4 aliphatic carbocycles. The summed E-state index contributed by atoms with van der Waals surface area (Å²) in [4.78, 5) is 38.0. The molecular formula is C19H18N2O3. The van der Waals surface area contributed by atoms with Gasteiger partial charge in [0.05, 0.1) is 11.8 Å². The second-order valence-corrected chi connectivity index (χ2v) is 7.47. The molecule has 0 spiro atoms. The summed E-state index contributed by atoms with van der Waals surface area (Å²) >= 11 is 0. The van der Waals surface area contributed by atoms with E-state index < -0.39 is 5.91 Å². The van der Waals surface area contributed by atoms with Crippen LogP contribution in [0.1, 0.15) is 22.3 Å². The van der Waals surface area contributed by atoms with Crippen molar-refractivity contribution in [2.75, 3.05) is 0 Å². The predicted molar refractivity (Wildman–Crippen MR) is 85.2 cm³/mol. The van der Waals surface area contributed by atoms with Gasteiger partial charge in [-0.2, -0.15) is 5.01 Å². The van der Waals surface area contributed by atoms with Gasteiger partial charge in [0.25, 0.3) is 17.7 Å². The number of hydrazine groups is 1. The molecule has 1 N–H and O–H groups in total. The molecule has 2 saturated carbocycles. The maximum Gasteiger partial charge on any atom is 0.270 e. The van der Waals surface area contributed by atoms with E-state index in [2.05, 4.69) is 17.6 Å². The number of hydrogen-bond acceptors (Lipinski definition) is 3. The van der Waals surface area contributed by atoms with Crippen LogP contribution in [0.5, 0.6) is 0 Å². The van der Waals surface area contributed by atoms with Gasteiger partial charge < -0.3 is 0 Å².